The Morgan fingerprint density at radius 3 is 2.62 bits per heavy atom. The van der Waals surface area contributed by atoms with Crippen molar-refractivity contribution < 1.29 is 9.53 Å². The maximum Gasteiger partial charge on any atom is 0.163 e. The summed E-state index contributed by atoms with van der Waals surface area (Å²) in [5.41, 5.74) is 1.91. The van der Waals surface area contributed by atoms with E-state index in [9.17, 15) is 4.79 Å². The van der Waals surface area contributed by atoms with Crippen molar-refractivity contribution in [1.29, 1.82) is 0 Å². The zero-order valence-corrected chi connectivity index (χ0v) is 10.4. The van der Waals surface area contributed by atoms with Crippen LogP contribution in [0.3, 0.4) is 0 Å². The number of ketones is 1. The summed E-state index contributed by atoms with van der Waals surface area (Å²) in [6.07, 6.45) is 4.68. The predicted octanol–water partition coefficient (Wildman–Crippen LogP) is 3.63. The molecule has 0 N–H and O–H groups in total. The molecule has 0 heterocycles. The van der Waals surface area contributed by atoms with E-state index in [1.807, 2.05) is 18.2 Å². The number of carbonyl (C=O) groups is 1. The quantitative estimate of drug-likeness (QED) is 0.540. The van der Waals surface area contributed by atoms with Crippen LogP contribution in [0.2, 0.25) is 0 Å². The molecule has 1 aromatic carbocycles. The van der Waals surface area contributed by atoms with Crippen LogP contribution in [-0.2, 0) is 6.42 Å². The fourth-order valence-corrected chi connectivity index (χ4v) is 1.76. The van der Waals surface area contributed by atoms with Gasteiger partial charge < -0.3 is 4.74 Å². The van der Waals surface area contributed by atoms with Crippen molar-refractivity contribution in [2.24, 2.45) is 0 Å². The number of hydrogen-bond acceptors (Lipinski definition) is 2. The zero-order valence-electron chi connectivity index (χ0n) is 10.4. The predicted molar refractivity (Wildman–Crippen MR) is 66.2 cm³/mol. The third-order valence-electron chi connectivity index (χ3n) is 2.71. The fraction of sp³-hybridized carbons (Fsp3) is 0.500. The number of benzene rings is 1. The summed E-state index contributed by atoms with van der Waals surface area (Å²) in [7, 11) is 1.60. The normalized spacial score (nSPS) is 10.2. The largest absolute Gasteiger partial charge is 0.496 e. The van der Waals surface area contributed by atoms with Crippen LogP contribution in [0, 0.1) is 0 Å². The molecule has 1 rings (SSSR count). The lowest BCUT2D eigenvalue weighted by molar-refractivity contribution is 0.101. The van der Waals surface area contributed by atoms with Gasteiger partial charge in [0.25, 0.3) is 0 Å². The molecule has 0 atom stereocenters. The maximum atomic E-state index is 11.4. The first-order chi connectivity index (χ1) is 7.69. The van der Waals surface area contributed by atoms with Gasteiger partial charge in [0.05, 0.1) is 12.7 Å². The van der Waals surface area contributed by atoms with E-state index in [2.05, 4.69) is 6.92 Å². The van der Waals surface area contributed by atoms with Crippen molar-refractivity contribution in [2.45, 2.75) is 39.5 Å². The molecule has 0 unspecified atom stereocenters. The van der Waals surface area contributed by atoms with E-state index in [0.717, 1.165) is 6.42 Å². The van der Waals surface area contributed by atoms with Crippen LogP contribution in [0.4, 0.5) is 0 Å². The van der Waals surface area contributed by atoms with E-state index in [4.69, 9.17) is 4.74 Å². The van der Waals surface area contributed by atoms with Crippen LogP contribution >= 0.6 is 0 Å². The van der Waals surface area contributed by atoms with Gasteiger partial charge in [0, 0.05) is 0 Å². The fourth-order valence-electron chi connectivity index (χ4n) is 1.76. The van der Waals surface area contributed by atoms with Gasteiger partial charge in [-0.15, -0.1) is 0 Å². The summed E-state index contributed by atoms with van der Waals surface area (Å²) < 4.78 is 5.17. The van der Waals surface area contributed by atoms with Gasteiger partial charge in [-0.3, -0.25) is 4.79 Å². The van der Waals surface area contributed by atoms with Crippen LogP contribution in [0.25, 0.3) is 0 Å². The summed E-state index contributed by atoms with van der Waals surface area (Å²) in [5, 5.41) is 0. The van der Waals surface area contributed by atoms with Crippen molar-refractivity contribution in [3.8, 4) is 5.75 Å². The molecule has 0 fully saturated rings. The number of unbranched alkanes of at least 4 members (excludes halogenated alkanes) is 2. The molecular formula is C14H20O2. The summed E-state index contributed by atoms with van der Waals surface area (Å²) >= 11 is 0. The number of aryl methyl sites for hydroxylation is 1. The van der Waals surface area contributed by atoms with E-state index in [1.165, 1.54) is 24.8 Å². The molecule has 0 amide bonds. The number of ether oxygens (including phenoxy) is 1. The molecule has 16 heavy (non-hydrogen) atoms. The Morgan fingerprint density at radius 2 is 2.06 bits per heavy atom. The van der Waals surface area contributed by atoms with E-state index in [1.54, 1.807) is 14.0 Å². The van der Waals surface area contributed by atoms with Crippen molar-refractivity contribution in [3.05, 3.63) is 29.3 Å². The summed E-state index contributed by atoms with van der Waals surface area (Å²) in [5.74, 6) is 0.737. The van der Waals surface area contributed by atoms with Gasteiger partial charge in [-0.05, 0) is 37.5 Å². The highest BCUT2D eigenvalue weighted by Crippen LogP contribution is 2.21. The third kappa shape index (κ3) is 3.37. The molecule has 0 aliphatic heterocycles. The highest BCUT2D eigenvalue weighted by molar-refractivity contribution is 5.97. The molecule has 0 aromatic heterocycles. The molecule has 0 saturated carbocycles. The van der Waals surface area contributed by atoms with Gasteiger partial charge in [-0.2, -0.15) is 0 Å². The van der Waals surface area contributed by atoms with Crippen molar-refractivity contribution in [3.63, 3.8) is 0 Å². The molecule has 0 radical (unpaired) electrons. The number of hydrogen-bond donors (Lipinski definition) is 0. The first-order valence-electron chi connectivity index (χ1n) is 5.87. The number of Topliss-reactive ketones (excluding diaryl/α,β-unsaturated/α-hetero) is 1. The molecular weight excluding hydrogens is 200 g/mol. The Bertz CT molecular complexity index is 356. The van der Waals surface area contributed by atoms with Crippen LogP contribution < -0.4 is 4.74 Å². The lowest BCUT2D eigenvalue weighted by atomic mass is 10.0. The minimum atomic E-state index is 0.0641. The second-order valence-corrected chi connectivity index (χ2v) is 4.05. The van der Waals surface area contributed by atoms with Crippen LogP contribution in [0.1, 0.15) is 49.0 Å². The number of carbonyl (C=O) groups excluding carboxylic acids is 1. The summed E-state index contributed by atoms with van der Waals surface area (Å²) in [6, 6.07) is 5.88. The van der Waals surface area contributed by atoms with Gasteiger partial charge in [0.2, 0.25) is 0 Å². The summed E-state index contributed by atoms with van der Waals surface area (Å²) in [6.45, 7) is 3.77. The minimum Gasteiger partial charge on any atom is -0.496 e. The Kier molecular flexibility index (Phi) is 5.03. The van der Waals surface area contributed by atoms with Crippen molar-refractivity contribution in [2.75, 3.05) is 7.11 Å². The Balaban J connectivity index is 2.81. The maximum absolute atomic E-state index is 11.4. The first-order valence-corrected chi connectivity index (χ1v) is 5.87. The summed E-state index contributed by atoms with van der Waals surface area (Å²) in [4.78, 5) is 11.4. The molecule has 0 aliphatic carbocycles. The smallest absolute Gasteiger partial charge is 0.163 e. The Labute approximate surface area is 97.6 Å². The van der Waals surface area contributed by atoms with Gasteiger partial charge in [-0.1, -0.05) is 25.8 Å². The second-order valence-electron chi connectivity index (χ2n) is 4.05. The van der Waals surface area contributed by atoms with Crippen molar-refractivity contribution >= 4 is 5.78 Å². The first kappa shape index (κ1) is 12.8. The van der Waals surface area contributed by atoms with Gasteiger partial charge in [-0.25, -0.2) is 0 Å². The molecule has 1 aromatic rings. The third-order valence-corrected chi connectivity index (χ3v) is 2.71. The topological polar surface area (TPSA) is 26.3 Å². The molecule has 88 valence electrons. The Hall–Kier alpha value is -1.31. The lowest BCUT2D eigenvalue weighted by Crippen LogP contribution is -1.99. The van der Waals surface area contributed by atoms with E-state index in [-0.39, 0.29) is 5.78 Å². The SMILES string of the molecule is CCCCCc1ccc(OC)c(C(C)=O)c1. The van der Waals surface area contributed by atoms with Crippen LogP contribution in [0.5, 0.6) is 5.75 Å². The van der Waals surface area contributed by atoms with Crippen molar-refractivity contribution in [1.82, 2.24) is 0 Å². The standard InChI is InChI=1S/C14H20O2/c1-4-5-6-7-12-8-9-14(16-3)13(10-12)11(2)15/h8-10H,4-7H2,1-3H3. The molecule has 0 aliphatic rings. The number of methoxy groups -OCH3 is 1. The highest BCUT2D eigenvalue weighted by atomic mass is 16.5. The second kappa shape index (κ2) is 6.31. The van der Waals surface area contributed by atoms with E-state index in [0.29, 0.717) is 11.3 Å². The van der Waals surface area contributed by atoms with E-state index < -0.39 is 0 Å². The monoisotopic (exact) mass is 220 g/mol. The highest BCUT2D eigenvalue weighted by Gasteiger charge is 2.08. The molecule has 2 heteroatoms. The van der Waals surface area contributed by atoms with E-state index >= 15 is 0 Å². The van der Waals surface area contributed by atoms with Gasteiger partial charge >= 0.3 is 0 Å². The van der Waals surface area contributed by atoms with Gasteiger partial charge in [0.1, 0.15) is 5.75 Å². The van der Waals surface area contributed by atoms with Crippen LogP contribution in [0.15, 0.2) is 18.2 Å². The number of rotatable bonds is 6. The van der Waals surface area contributed by atoms with Crippen LogP contribution in [-0.4, -0.2) is 12.9 Å². The van der Waals surface area contributed by atoms with Gasteiger partial charge in [0.15, 0.2) is 5.78 Å². The minimum absolute atomic E-state index is 0.0641. The Morgan fingerprint density at radius 1 is 1.31 bits per heavy atom. The average Bonchev–Trinajstić information content (AvgIpc) is 2.29. The molecule has 0 saturated heterocycles. The lowest BCUT2D eigenvalue weighted by Gasteiger charge is -2.08. The average molecular weight is 220 g/mol. The molecule has 0 spiro atoms. The molecule has 0 bridgehead atoms. The zero-order chi connectivity index (χ0) is 12.0. The molecule has 2 nitrogen and oxygen atoms in total.